The zero-order chi connectivity index (χ0) is 22.0. The molecule has 1 fully saturated rings. The van der Waals surface area contributed by atoms with Crippen LogP contribution in [0, 0.1) is 5.82 Å². The Hall–Kier alpha value is -2.49. The number of hydrogen-bond donors (Lipinski definition) is 0. The second kappa shape index (κ2) is 8.94. The first kappa shape index (κ1) is 21.7. The molecule has 2 aromatic rings. The topological polar surface area (TPSA) is 82.1 Å². The van der Waals surface area contributed by atoms with E-state index in [9.17, 15) is 17.6 Å². The van der Waals surface area contributed by atoms with Gasteiger partial charge >= 0.3 is 5.97 Å². The third kappa shape index (κ3) is 4.58. The van der Waals surface area contributed by atoms with E-state index in [-0.39, 0.29) is 36.5 Å². The van der Waals surface area contributed by atoms with E-state index in [1.807, 2.05) is 6.92 Å². The molecule has 0 saturated carbocycles. The lowest BCUT2D eigenvalue weighted by molar-refractivity contribution is -0.0183. The minimum Gasteiger partial charge on any atom is -0.467 e. The average Bonchev–Trinajstić information content (AvgIpc) is 2.77. The van der Waals surface area contributed by atoms with Gasteiger partial charge < -0.3 is 14.2 Å². The first-order chi connectivity index (χ1) is 14.9. The first-order valence-corrected chi connectivity index (χ1v) is 11.6. The van der Waals surface area contributed by atoms with E-state index >= 15 is 0 Å². The van der Waals surface area contributed by atoms with Crippen molar-refractivity contribution in [2.24, 2.45) is 0 Å². The van der Waals surface area contributed by atoms with E-state index in [0.29, 0.717) is 23.4 Å². The van der Waals surface area contributed by atoms with E-state index in [1.165, 1.54) is 40.7 Å². The molecule has 166 valence electrons. The van der Waals surface area contributed by atoms with Crippen molar-refractivity contribution < 1.29 is 31.8 Å². The van der Waals surface area contributed by atoms with Crippen molar-refractivity contribution >= 4 is 16.0 Å². The zero-order valence-corrected chi connectivity index (χ0v) is 18.0. The van der Waals surface area contributed by atoms with Gasteiger partial charge in [-0.05, 0) is 56.2 Å². The van der Waals surface area contributed by atoms with Crippen molar-refractivity contribution in [1.82, 2.24) is 4.31 Å². The maximum Gasteiger partial charge on any atom is 0.338 e. The fourth-order valence-corrected chi connectivity index (χ4v) is 5.62. The smallest absolute Gasteiger partial charge is 0.338 e. The third-order valence-corrected chi connectivity index (χ3v) is 7.58. The fourth-order valence-electron chi connectivity index (χ4n) is 3.92. The number of ether oxygens (including phenoxy) is 3. The number of hydrogen-bond acceptors (Lipinski definition) is 6. The number of piperidine rings is 1. The summed E-state index contributed by atoms with van der Waals surface area (Å²) in [5, 5.41) is 0. The number of benzene rings is 2. The maximum atomic E-state index is 13.8. The molecule has 2 heterocycles. The molecule has 1 atom stereocenters. The van der Waals surface area contributed by atoms with Crippen LogP contribution in [-0.4, -0.2) is 38.1 Å². The summed E-state index contributed by atoms with van der Waals surface area (Å²) in [4.78, 5) is 12.6. The van der Waals surface area contributed by atoms with Gasteiger partial charge in [-0.2, -0.15) is 4.31 Å². The van der Waals surface area contributed by atoms with Crippen LogP contribution in [0.2, 0.25) is 0 Å². The normalized spacial score (nSPS) is 19.4. The van der Waals surface area contributed by atoms with Gasteiger partial charge in [-0.3, -0.25) is 0 Å². The maximum absolute atomic E-state index is 13.8. The Morgan fingerprint density at radius 1 is 1.23 bits per heavy atom. The van der Waals surface area contributed by atoms with Crippen LogP contribution in [0.15, 0.2) is 41.3 Å². The van der Waals surface area contributed by atoms with Crippen LogP contribution in [-0.2, 0) is 32.7 Å². The van der Waals surface area contributed by atoms with Gasteiger partial charge in [0.15, 0.2) is 6.79 Å². The van der Waals surface area contributed by atoms with Crippen LogP contribution in [0.4, 0.5) is 4.39 Å². The largest absolute Gasteiger partial charge is 0.467 e. The van der Waals surface area contributed by atoms with Gasteiger partial charge in [0.2, 0.25) is 10.0 Å². The van der Waals surface area contributed by atoms with Crippen LogP contribution in [0.1, 0.15) is 47.7 Å². The fraction of sp³-hybridized carbons (Fsp3) is 0.409. The molecule has 2 aromatic carbocycles. The summed E-state index contributed by atoms with van der Waals surface area (Å²) in [5.74, 6) is -0.654. The summed E-state index contributed by atoms with van der Waals surface area (Å²) in [6.07, 6.45) is 2.70. The Bertz CT molecular complexity index is 1070. The monoisotopic (exact) mass is 449 g/mol. The molecule has 0 aromatic heterocycles. The van der Waals surface area contributed by atoms with Gasteiger partial charge in [0.25, 0.3) is 0 Å². The molecule has 2 aliphatic rings. The Morgan fingerprint density at radius 3 is 2.74 bits per heavy atom. The molecule has 0 amide bonds. The standard InChI is InChI=1S/C22H24FNO6S/c1-15-4-2-3-9-24(15)31(26,27)20-7-5-16(6-8-20)22(25)29-13-18-11-19(23)10-17-12-28-14-30-21(17)18/h5-8,10-11,15H,2-4,9,12-14H2,1H3. The second-order valence-electron chi connectivity index (χ2n) is 7.72. The third-order valence-electron chi connectivity index (χ3n) is 5.55. The zero-order valence-electron chi connectivity index (χ0n) is 17.2. The molecule has 9 heteroatoms. The number of halogens is 1. The van der Waals surface area contributed by atoms with Crippen molar-refractivity contribution in [2.45, 2.75) is 50.3 Å². The molecule has 4 rings (SSSR count). The quantitative estimate of drug-likeness (QED) is 0.649. The summed E-state index contributed by atoms with van der Waals surface area (Å²) >= 11 is 0. The molecule has 1 unspecified atom stereocenters. The number of esters is 1. The lowest BCUT2D eigenvalue weighted by Gasteiger charge is -2.32. The molecule has 2 aliphatic heterocycles. The molecular weight excluding hydrogens is 425 g/mol. The van der Waals surface area contributed by atoms with Crippen molar-refractivity contribution in [3.63, 3.8) is 0 Å². The second-order valence-corrected chi connectivity index (χ2v) is 9.62. The van der Waals surface area contributed by atoms with E-state index in [0.717, 1.165) is 19.3 Å². The van der Waals surface area contributed by atoms with Crippen LogP contribution in [0.3, 0.4) is 0 Å². The van der Waals surface area contributed by atoms with Crippen molar-refractivity contribution in [1.29, 1.82) is 0 Å². The lowest BCUT2D eigenvalue weighted by atomic mass is 10.1. The van der Waals surface area contributed by atoms with Gasteiger partial charge in [-0.1, -0.05) is 6.42 Å². The molecular formula is C22H24FNO6S. The SMILES string of the molecule is CC1CCCCN1S(=O)(=O)c1ccc(C(=O)OCc2cc(F)cc3c2OCOC3)cc1. The summed E-state index contributed by atoms with van der Waals surface area (Å²) in [6.45, 7) is 2.50. The number of carbonyl (C=O) groups excluding carboxylic acids is 1. The highest BCUT2D eigenvalue weighted by Gasteiger charge is 2.31. The highest BCUT2D eigenvalue weighted by atomic mass is 32.2. The first-order valence-electron chi connectivity index (χ1n) is 10.2. The summed E-state index contributed by atoms with van der Waals surface area (Å²) in [6, 6.07) is 8.21. The van der Waals surface area contributed by atoms with Crippen molar-refractivity contribution in [2.75, 3.05) is 13.3 Å². The average molecular weight is 450 g/mol. The van der Waals surface area contributed by atoms with Crippen LogP contribution in [0.5, 0.6) is 5.75 Å². The molecule has 0 bridgehead atoms. The Balaban J connectivity index is 1.45. The lowest BCUT2D eigenvalue weighted by Crippen LogP contribution is -2.41. The summed E-state index contributed by atoms with van der Waals surface area (Å²) in [5.41, 5.74) is 1.17. The van der Waals surface area contributed by atoms with Gasteiger partial charge in [0, 0.05) is 23.7 Å². The number of rotatable bonds is 5. The van der Waals surface area contributed by atoms with Crippen LogP contribution >= 0.6 is 0 Å². The molecule has 31 heavy (non-hydrogen) atoms. The number of carbonyl (C=O) groups is 1. The van der Waals surface area contributed by atoms with Crippen molar-refractivity contribution in [3.05, 3.63) is 58.9 Å². The minimum absolute atomic E-state index is 0.0468. The van der Waals surface area contributed by atoms with E-state index in [4.69, 9.17) is 14.2 Å². The molecule has 1 saturated heterocycles. The molecule has 0 N–H and O–H groups in total. The van der Waals surface area contributed by atoms with E-state index in [1.54, 1.807) is 0 Å². The minimum atomic E-state index is -3.61. The molecule has 0 spiro atoms. The molecule has 0 radical (unpaired) electrons. The predicted octanol–water partition coefficient (Wildman–Crippen LogP) is 3.61. The van der Waals surface area contributed by atoms with Gasteiger partial charge in [-0.25, -0.2) is 17.6 Å². The number of fused-ring (bicyclic) bond motifs is 1. The Labute approximate surface area is 180 Å². The van der Waals surface area contributed by atoms with Gasteiger partial charge in [0.1, 0.15) is 18.2 Å². The highest BCUT2D eigenvalue weighted by Crippen LogP contribution is 2.30. The Morgan fingerprint density at radius 2 is 2.00 bits per heavy atom. The molecule has 7 nitrogen and oxygen atoms in total. The van der Waals surface area contributed by atoms with Gasteiger partial charge in [-0.15, -0.1) is 0 Å². The summed E-state index contributed by atoms with van der Waals surface area (Å²) in [7, 11) is -3.61. The summed E-state index contributed by atoms with van der Waals surface area (Å²) < 4.78 is 57.0. The van der Waals surface area contributed by atoms with Crippen molar-refractivity contribution in [3.8, 4) is 5.75 Å². The highest BCUT2D eigenvalue weighted by molar-refractivity contribution is 7.89. The van der Waals surface area contributed by atoms with Crippen LogP contribution < -0.4 is 4.74 Å². The van der Waals surface area contributed by atoms with Gasteiger partial charge in [0.05, 0.1) is 17.1 Å². The Kier molecular flexibility index (Phi) is 6.27. The van der Waals surface area contributed by atoms with Crippen LogP contribution in [0.25, 0.3) is 0 Å². The number of nitrogens with zero attached hydrogens (tertiary/aromatic N) is 1. The van der Waals surface area contributed by atoms with E-state index in [2.05, 4.69) is 0 Å². The predicted molar refractivity (Wildman–Crippen MR) is 109 cm³/mol. The number of sulfonamides is 1. The van der Waals surface area contributed by atoms with E-state index < -0.39 is 21.8 Å². The molecule has 0 aliphatic carbocycles.